The molecule has 3 amide bonds. The van der Waals surface area contributed by atoms with Crippen molar-refractivity contribution in [1.82, 2.24) is 9.88 Å². The molecule has 0 saturated carbocycles. The van der Waals surface area contributed by atoms with Crippen molar-refractivity contribution in [3.8, 4) is 5.75 Å². The summed E-state index contributed by atoms with van der Waals surface area (Å²) in [5.41, 5.74) is 3.21. The molecule has 2 atom stereocenters. The van der Waals surface area contributed by atoms with E-state index in [4.69, 9.17) is 4.74 Å². The molecule has 33 heavy (non-hydrogen) atoms. The lowest BCUT2D eigenvalue weighted by Crippen LogP contribution is -2.50. The molecule has 2 unspecified atom stereocenters. The number of methoxy groups -OCH3 is 1. The van der Waals surface area contributed by atoms with E-state index >= 15 is 0 Å². The molecular weight excluding hydrogens is 414 g/mol. The molecule has 1 fully saturated rings. The predicted molar refractivity (Wildman–Crippen MR) is 127 cm³/mol. The maximum Gasteiger partial charge on any atom is 0.332 e. The molecule has 0 bridgehead atoms. The average Bonchev–Trinajstić information content (AvgIpc) is 3.34. The summed E-state index contributed by atoms with van der Waals surface area (Å²) in [6.45, 7) is 2.22. The predicted octanol–water partition coefficient (Wildman–Crippen LogP) is 5.01. The number of rotatable bonds is 3. The third kappa shape index (κ3) is 2.55. The van der Waals surface area contributed by atoms with Gasteiger partial charge in [0, 0.05) is 28.9 Å². The summed E-state index contributed by atoms with van der Waals surface area (Å²) in [6.07, 6.45) is 0. The fourth-order valence-electron chi connectivity index (χ4n) is 5.43. The molecule has 2 aliphatic heterocycles. The van der Waals surface area contributed by atoms with Crippen LogP contribution in [0.2, 0.25) is 0 Å². The highest BCUT2D eigenvalue weighted by atomic mass is 16.5. The number of nitrogens with one attached hydrogen (secondary N) is 1. The van der Waals surface area contributed by atoms with E-state index in [-0.39, 0.29) is 17.9 Å². The minimum Gasteiger partial charge on any atom is -0.496 e. The first-order valence-corrected chi connectivity index (χ1v) is 11.0. The first-order valence-electron chi connectivity index (χ1n) is 11.0. The highest BCUT2D eigenvalue weighted by Gasteiger charge is 2.60. The molecule has 0 spiro atoms. The van der Waals surface area contributed by atoms with Crippen LogP contribution in [-0.4, -0.2) is 35.5 Å². The monoisotopic (exact) mass is 437 g/mol. The van der Waals surface area contributed by atoms with Crippen LogP contribution in [0.15, 0.2) is 78.9 Å². The second-order valence-corrected chi connectivity index (χ2v) is 8.70. The van der Waals surface area contributed by atoms with Gasteiger partial charge in [-0.25, -0.2) is 9.69 Å². The van der Waals surface area contributed by atoms with Gasteiger partial charge >= 0.3 is 6.03 Å². The largest absolute Gasteiger partial charge is 0.496 e. The number of para-hydroxylation sites is 3. The van der Waals surface area contributed by atoms with Crippen LogP contribution in [0.1, 0.15) is 29.7 Å². The van der Waals surface area contributed by atoms with Crippen LogP contribution in [0.3, 0.4) is 0 Å². The van der Waals surface area contributed by atoms with Crippen molar-refractivity contribution in [1.29, 1.82) is 0 Å². The Balaban J connectivity index is 1.61. The van der Waals surface area contributed by atoms with E-state index in [2.05, 4.69) is 11.1 Å². The lowest BCUT2D eigenvalue weighted by Gasteiger charge is -2.40. The minimum absolute atomic E-state index is 0.146. The molecule has 1 N–H and O–H groups in total. The Morgan fingerprint density at radius 3 is 2.42 bits per heavy atom. The van der Waals surface area contributed by atoms with Crippen LogP contribution in [-0.2, 0) is 10.3 Å². The molecule has 1 aromatic heterocycles. The maximum atomic E-state index is 13.9. The second kappa shape index (κ2) is 6.97. The lowest BCUT2D eigenvalue weighted by atomic mass is 9.78. The number of ether oxygens (including phenoxy) is 1. The Bertz CT molecular complexity index is 1410. The fraction of sp³-hybridized carbons (Fsp3) is 0.185. The highest BCUT2D eigenvalue weighted by Crippen LogP contribution is 2.51. The van der Waals surface area contributed by atoms with Crippen molar-refractivity contribution < 1.29 is 14.3 Å². The number of carbonyl (C=O) groups excluding carboxylic acids is 2. The molecule has 1 saturated heterocycles. The zero-order chi connectivity index (χ0) is 22.7. The quantitative estimate of drug-likeness (QED) is 0.459. The van der Waals surface area contributed by atoms with Gasteiger partial charge in [0.15, 0.2) is 5.54 Å². The number of hydrogen-bond donors (Lipinski definition) is 1. The van der Waals surface area contributed by atoms with Gasteiger partial charge in [-0.15, -0.1) is 0 Å². The van der Waals surface area contributed by atoms with Crippen molar-refractivity contribution in [2.75, 3.05) is 18.6 Å². The molecule has 6 rings (SSSR count). The Labute approximate surface area is 191 Å². The van der Waals surface area contributed by atoms with Crippen LogP contribution in [0.25, 0.3) is 10.9 Å². The molecule has 6 heteroatoms. The summed E-state index contributed by atoms with van der Waals surface area (Å²) in [7, 11) is 1.66. The number of imide groups is 1. The van der Waals surface area contributed by atoms with Crippen molar-refractivity contribution in [3.63, 3.8) is 0 Å². The minimum atomic E-state index is -1.13. The van der Waals surface area contributed by atoms with Gasteiger partial charge in [-0.1, -0.05) is 54.6 Å². The molecule has 164 valence electrons. The van der Waals surface area contributed by atoms with Gasteiger partial charge < -0.3 is 14.6 Å². The van der Waals surface area contributed by atoms with Crippen LogP contribution < -0.4 is 9.64 Å². The van der Waals surface area contributed by atoms with Gasteiger partial charge in [0.05, 0.1) is 18.5 Å². The van der Waals surface area contributed by atoms with E-state index in [1.807, 2.05) is 67.6 Å². The van der Waals surface area contributed by atoms with Crippen molar-refractivity contribution in [2.45, 2.75) is 18.4 Å². The first-order chi connectivity index (χ1) is 16.1. The first kappa shape index (κ1) is 19.6. The van der Waals surface area contributed by atoms with E-state index < -0.39 is 5.54 Å². The van der Waals surface area contributed by atoms with Gasteiger partial charge in [0.2, 0.25) is 0 Å². The molecular formula is C27H23N3O3. The summed E-state index contributed by atoms with van der Waals surface area (Å²) in [6, 6.07) is 24.8. The molecule has 0 radical (unpaired) electrons. The number of carbonyl (C=O) groups is 2. The fourth-order valence-corrected chi connectivity index (χ4v) is 5.43. The Kier molecular flexibility index (Phi) is 4.14. The van der Waals surface area contributed by atoms with Crippen LogP contribution in [0.5, 0.6) is 5.75 Å². The normalized spacial score (nSPS) is 21.9. The van der Waals surface area contributed by atoms with Gasteiger partial charge in [-0.2, -0.15) is 0 Å². The number of urea groups is 1. The Hall–Kier alpha value is -4.06. The number of nitrogens with zero attached hydrogens (tertiary/aromatic N) is 2. The van der Waals surface area contributed by atoms with Gasteiger partial charge in [-0.3, -0.25) is 4.79 Å². The number of aromatic nitrogens is 1. The van der Waals surface area contributed by atoms with Crippen molar-refractivity contribution in [2.24, 2.45) is 0 Å². The summed E-state index contributed by atoms with van der Waals surface area (Å²) in [5, 5.41) is 1.06. The third-order valence-corrected chi connectivity index (χ3v) is 7.06. The van der Waals surface area contributed by atoms with Crippen molar-refractivity contribution >= 4 is 28.5 Å². The second-order valence-electron chi connectivity index (χ2n) is 8.70. The number of amides is 3. The van der Waals surface area contributed by atoms with Crippen LogP contribution >= 0.6 is 0 Å². The van der Waals surface area contributed by atoms with E-state index in [9.17, 15) is 9.59 Å². The topological polar surface area (TPSA) is 65.6 Å². The van der Waals surface area contributed by atoms with E-state index in [0.29, 0.717) is 12.2 Å². The van der Waals surface area contributed by atoms with E-state index in [1.54, 1.807) is 24.1 Å². The van der Waals surface area contributed by atoms with Gasteiger partial charge in [0.25, 0.3) is 5.91 Å². The molecule has 0 aliphatic carbocycles. The Morgan fingerprint density at radius 1 is 0.939 bits per heavy atom. The molecule has 6 nitrogen and oxygen atoms in total. The highest BCUT2D eigenvalue weighted by molar-refractivity contribution is 6.23. The molecule has 2 aliphatic rings. The number of fused-ring (bicyclic) bond motifs is 5. The van der Waals surface area contributed by atoms with Crippen molar-refractivity contribution in [3.05, 3.63) is 95.7 Å². The van der Waals surface area contributed by atoms with E-state index in [0.717, 1.165) is 33.5 Å². The lowest BCUT2D eigenvalue weighted by molar-refractivity contribution is -0.125. The molecule has 3 aromatic carbocycles. The van der Waals surface area contributed by atoms with Gasteiger partial charge in [-0.05, 0) is 36.8 Å². The summed E-state index contributed by atoms with van der Waals surface area (Å²) in [4.78, 5) is 34.1. The zero-order valence-corrected chi connectivity index (χ0v) is 18.4. The number of hydrogen-bond acceptors (Lipinski definition) is 3. The number of H-pyrrole nitrogens is 1. The van der Waals surface area contributed by atoms with Gasteiger partial charge in [0.1, 0.15) is 5.75 Å². The summed E-state index contributed by atoms with van der Waals surface area (Å²) in [5.74, 6) is 0.373. The van der Waals surface area contributed by atoms with Crippen LogP contribution in [0.4, 0.5) is 10.5 Å². The standard InChI is InChI=1S/C27H23N3O3/c1-27-24-23(19-13-6-8-14-21(19)28-24)20(18-12-7-9-15-22(18)33-2)16-29(27)26(32)30(25(27)31)17-10-4-3-5-11-17/h3-15,20,28H,16H2,1-2H3. The average molecular weight is 437 g/mol. The SMILES string of the molecule is COc1ccccc1C1CN2C(=O)N(c3ccccc3)C(=O)C2(C)c2[nH]c3ccccc3c21. The third-order valence-electron chi connectivity index (χ3n) is 7.06. The number of aromatic amines is 1. The molecule has 3 heterocycles. The summed E-state index contributed by atoms with van der Waals surface area (Å²) >= 11 is 0. The number of benzene rings is 3. The summed E-state index contributed by atoms with van der Waals surface area (Å²) < 4.78 is 5.69. The smallest absolute Gasteiger partial charge is 0.332 e. The number of anilines is 1. The van der Waals surface area contributed by atoms with E-state index in [1.165, 1.54) is 4.90 Å². The Morgan fingerprint density at radius 2 is 1.64 bits per heavy atom. The zero-order valence-electron chi connectivity index (χ0n) is 18.4. The molecule has 4 aromatic rings. The maximum absolute atomic E-state index is 13.9. The van der Waals surface area contributed by atoms with Crippen LogP contribution in [0, 0.1) is 0 Å².